The number of hydrogen-bond donors (Lipinski definition) is 1. The number of ether oxygens (including phenoxy) is 1. The summed E-state index contributed by atoms with van der Waals surface area (Å²) in [5.41, 5.74) is 3.90. The van der Waals surface area contributed by atoms with Crippen LogP contribution in [-0.4, -0.2) is 37.4 Å². The lowest BCUT2D eigenvalue weighted by Crippen LogP contribution is -2.04. The Morgan fingerprint density at radius 3 is 2.88 bits per heavy atom. The zero-order chi connectivity index (χ0) is 17.2. The number of fused-ring (bicyclic) bond motifs is 1. The van der Waals surface area contributed by atoms with Gasteiger partial charge in [0.25, 0.3) is 0 Å². The predicted molar refractivity (Wildman–Crippen MR) is 95.9 cm³/mol. The first-order valence-electron chi connectivity index (χ1n) is 8.06. The Morgan fingerprint density at radius 2 is 2.00 bits per heavy atom. The van der Waals surface area contributed by atoms with E-state index in [4.69, 9.17) is 9.84 Å². The first-order chi connectivity index (χ1) is 12.3. The SMILES string of the molecule is Cn1cnc2ccc(-n3ccnc3-c3ccccc3OCCO)cc21. The second-order valence-electron chi connectivity index (χ2n) is 5.72. The fourth-order valence-electron chi connectivity index (χ4n) is 2.91. The van der Waals surface area contributed by atoms with Crippen molar-refractivity contribution in [2.24, 2.45) is 7.05 Å². The first kappa shape index (κ1) is 15.4. The number of benzene rings is 2. The molecular weight excluding hydrogens is 316 g/mol. The van der Waals surface area contributed by atoms with E-state index in [2.05, 4.69) is 16.0 Å². The minimum Gasteiger partial charge on any atom is -0.490 e. The quantitative estimate of drug-likeness (QED) is 0.609. The van der Waals surface area contributed by atoms with E-state index < -0.39 is 0 Å². The Balaban J connectivity index is 1.82. The number of rotatable bonds is 5. The summed E-state index contributed by atoms with van der Waals surface area (Å²) in [7, 11) is 1.98. The van der Waals surface area contributed by atoms with E-state index in [0.717, 1.165) is 28.1 Å². The van der Waals surface area contributed by atoms with Crippen molar-refractivity contribution in [3.63, 3.8) is 0 Å². The van der Waals surface area contributed by atoms with Crippen molar-refractivity contribution < 1.29 is 9.84 Å². The van der Waals surface area contributed by atoms with E-state index >= 15 is 0 Å². The monoisotopic (exact) mass is 334 g/mol. The molecule has 126 valence electrons. The van der Waals surface area contributed by atoms with Gasteiger partial charge in [-0.25, -0.2) is 9.97 Å². The van der Waals surface area contributed by atoms with Crippen LogP contribution in [0, 0.1) is 0 Å². The second kappa shape index (κ2) is 6.41. The van der Waals surface area contributed by atoms with Crippen molar-refractivity contribution in [3.8, 4) is 22.8 Å². The van der Waals surface area contributed by atoms with Crippen LogP contribution in [0.15, 0.2) is 61.2 Å². The topological polar surface area (TPSA) is 65.1 Å². The Bertz CT molecular complexity index is 1020. The van der Waals surface area contributed by atoms with Crippen LogP contribution in [0.2, 0.25) is 0 Å². The Morgan fingerprint density at radius 1 is 1.12 bits per heavy atom. The third-order valence-electron chi connectivity index (χ3n) is 4.10. The standard InChI is InChI=1S/C19H18N4O2/c1-22-13-21-16-7-6-14(12-17(16)22)23-9-8-20-19(23)15-4-2-3-5-18(15)25-11-10-24/h2-9,12-13,24H,10-11H2,1H3. The maximum atomic E-state index is 9.03. The number of para-hydroxylation sites is 1. The fraction of sp³-hybridized carbons (Fsp3) is 0.158. The van der Waals surface area contributed by atoms with E-state index in [0.29, 0.717) is 5.75 Å². The van der Waals surface area contributed by atoms with Crippen LogP contribution in [-0.2, 0) is 7.05 Å². The van der Waals surface area contributed by atoms with Crippen LogP contribution in [0.3, 0.4) is 0 Å². The van der Waals surface area contributed by atoms with Crippen molar-refractivity contribution in [2.75, 3.05) is 13.2 Å². The molecular formula is C19H18N4O2. The maximum Gasteiger partial charge on any atom is 0.148 e. The van der Waals surface area contributed by atoms with E-state index in [1.807, 2.05) is 58.8 Å². The molecule has 0 saturated carbocycles. The molecule has 2 aromatic heterocycles. The highest BCUT2D eigenvalue weighted by Gasteiger charge is 2.13. The van der Waals surface area contributed by atoms with Crippen LogP contribution < -0.4 is 4.74 Å². The summed E-state index contributed by atoms with van der Waals surface area (Å²) >= 11 is 0. The smallest absolute Gasteiger partial charge is 0.148 e. The van der Waals surface area contributed by atoms with Gasteiger partial charge in [0.2, 0.25) is 0 Å². The van der Waals surface area contributed by atoms with Crippen molar-refractivity contribution in [3.05, 3.63) is 61.2 Å². The number of aryl methyl sites for hydroxylation is 1. The van der Waals surface area contributed by atoms with E-state index in [9.17, 15) is 0 Å². The molecule has 0 aliphatic heterocycles. The Labute approximate surface area is 145 Å². The molecule has 0 spiro atoms. The lowest BCUT2D eigenvalue weighted by molar-refractivity contribution is 0.202. The summed E-state index contributed by atoms with van der Waals surface area (Å²) in [6.45, 7) is 0.221. The number of nitrogens with zero attached hydrogens (tertiary/aromatic N) is 4. The summed E-state index contributed by atoms with van der Waals surface area (Å²) in [5, 5.41) is 9.03. The molecule has 0 amide bonds. The number of aliphatic hydroxyl groups excluding tert-OH is 1. The first-order valence-corrected chi connectivity index (χ1v) is 8.06. The van der Waals surface area contributed by atoms with Gasteiger partial charge in [0, 0.05) is 25.1 Å². The highest BCUT2D eigenvalue weighted by molar-refractivity contribution is 5.78. The van der Waals surface area contributed by atoms with E-state index in [1.165, 1.54) is 0 Å². The van der Waals surface area contributed by atoms with Gasteiger partial charge in [-0.3, -0.25) is 4.57 Å². The maximum absolute atomic E-state index is 9.03. The van der Waals surface area contributed by atoms with Crippen molar-refractivity contribution in [1.82, 2.24) is 19.1 Å². The van der Waals surface area contributed by atoms with E-state index in [-0.39, 0.29) is 13.2 Å². The molecule has 0 saturated heterocycles. The normalized spacial score (nSPS) is 11.1. The lowest BCUT2D eigenvalue weighted by Gasteiger charge is -2.13. The number of aromatic nitrogens is 4. The van der Waals surface area contributed by atoms with Gasteiger partial charge in [-0.2, -0.15) is 0 Å². The minimum absolute atomic E-state index is 0.0278. The molecule has 0 fully saturated rings. The van der Waals surface area contributed by atoms with Gasteiger partial charge in [-0.1, -0.05) is 12.1 Å². The van der Waals surface area contributed by atoms with Crippen LogP contribution in [0.4, 0.5) is 0 Å². The highest BCUT2D eigenvalue weighted by atomic mass is 16.5. The zero-order valence-electron chi connectivity index (χ0n) is 13.8. The average molecular weight is 334 g/mol. The summed E-state index contributed by atoms with van der Waals surface area (Å²) < 4.78 is 9.68. The van der Waals surface area contributed by atoms with Gasteiger partial charge in [0.05, 0.1) is 29.5 Å². The minimum atomic E-state index is -0.0278. The molecule has 4 aromatic rings. The summed E-state index contributed by atoms with van der Waals surface area (Å²) in [4.78, 5) is 8.88. The largest absolute Gasteiger partial charge is 0.490 e. The predicted octanol–water partition coefficient (Wildman–Crippen LogP) is 2.80. The highest BCUT2D eigenvalue weighted by Crippen LogP contribution is 2.30. The molecule has 25 heavy (non-hydrogen) atoms. The molecule has 4 rings (SSSR count). The molecule has 0 atom stereocenters. The third-order valence-corrected chi connectivity index (χ3v) is 4.10. The molecule has 2 heterocycles. The number of aliphatic hydroxyl groups is 1. The molecule has 6 nitrogen and oxygen atoms in total. The Kier molecular flexibility index (Phi) is 3.95. The van der Waals surface area contributed by atoms with Gasteiger partial charge in [-0.05, 0) is 30.3 Å². The third kappa shape index (κ3) is 2.77. The summed E-state index contributed by atoms with van der Waals surface area (Å²) in [6.07, 6.45) is 5.50. The molecule has 0 aliphatic carbocycles. The number of imidazole rings is 2. The van der Waals surface area contributed by atoms with Crippen molar-refractivity contribution in [1.29, 1.82) is 0 Å². The number of hydrogen-bond acceptors (Lipinski definition) is 4. The van der Waals surface area contributed by atoms with E-state index in [1.54, 1.807) is 12.5 Å². The molecule has 0 bridgehead atoms. The average Bonchev–Trinajstić information content (AvgIpc) is 3.27. The van der Waals surface area contributed by atoms with Gasteiger partial charge in [-0.15, -0.1) is 0 Å². The van der Waals surface area contributed by atoms with Gasteiger partial charge >= 0.3 is 0 Å². The molecule has 6 heteroatoms. The van der Waals surface area contributed by atoms with Crippen LogP contribution in [0.25, 0.3) is 28.1 Å². The van der Waals surface area contributed by atoms with Gasteiger partial charge in [0.15, 0.2) is 0 Å². The molecule has 1 N–H and O–H groups in total. The van der Waals surface area contributed by atoms with Crippen molar-refractivity contribution >= 4 is 11.0 Å². The zero-order valence-corrected chi connectivity index (χ0v) is 13.8. The molecule has 2 aromatic carbocycles. The van der Waals surface area contributed by atoms with Crippen LogP contribution in [0.1, 0.15) is 0 Å². The summed E-state index contributed by atoms with van der Waals surface area (Å²) in [6, 6.07) is 13.8. The van der Waals surface area contributed by atoms with Crippen LogP contribution >= 0.6 is 0 Å². The molecule has 0 aliphatic rings. The van der Waals surface area contributed by atoms with Crippen molar-refractivity contribution in [2.45, 2.75) is 0 Å². The van der Waals surface area contributed by atoms with Gasteiger partial charge < -0.3 is 14.4 Å². The molecule has 0 unspecified atom stereocenters. The van der Waals surface area contributed by atoms with Gasteiger partial charge in [0.1, 0.15) is 18.2 Å². The Hall–Kier alpha value is -3.12. The van der Waals surface area contributed by atoms with Crippen LogP contribution in [0.5, 0.6) is 5.75 Å². The summed E-state index contributed by atoms with van der Waals surface area (Å²) in [5.74, 6) is 1.49. The lowest BCUT2D eigenvalue weighted by atomic mass is 10.1. The second-order valence-corrected chi connectivity index (χ2v) is 5.72. The fourth-order valence-corrected chi connectivity index (χ4v) is 2.91. The molecule has 0 radical (unpaired) electrons.